The number of hydrogen-bond acceptors (Lipinski definition) is 2. The van der Waals surface area contributed by atoms with E-state index in [9.17, 15) is 0 Å². The molecule has 1 aliphatic rings. The normalized spacial score (nSPS) is 16.6. The van der Waals surface area contributed by atoms with E-state index in [1.165, 1.54) is 22.0 Å². The van der Waals surface area contributed by atoms with Crippen LogP contribution >= 0.6 is 0 Å². The first-order valence-electron chi connectivity index (χ1n) is 5.77. The molecule has 0 aliphatic carbocycles. The molecule has 1 heterocycles. The Hall–Kier alpha value is -1.54. The smallest absolute Gasteiger partial charge is 0.0392 e. The summed E-state index contributed by atoms with van der Waals surface area (Å²) < 4.78 is 0. The summed E-state index contributed by atoms with van der Waals surface area (Å²) in [6, 6.07) is 13.1. The van der Waals surface area contributed by atoms with E-state index < -0.39 is 0 Å². The fraction of sp³-hybridized carbons (Fsp3) is 0.286. The summed E-state index contributed by atoms with van der Waals surface area (Å²) in [6.45, 7) is 3.17. The molecule has 1 N–H and O–H groups in total. The molecule has 2 aromatic carbocycles. The second-order valence-corrected chi connectivity index (χ2v) is 4.52. The quantitative estimate of drug-likeness (QED) is 0.722. The first-order valence-corrected chi connectivity index (χ1v) is 5.77. The number of benzene rings is 2. The minimum atomic E-state index is 1.03. The van der Waals surface area contributed by atoms with E-state index in [0.29, 0.717) is 0 Å². The lowest BCUT2D eigenvalue weighted by molar-refractivity contribution is 0.346. The molecule has 0 atom stereocenters. The summed E-state index contributed by atoms with van der Waals surface area (Å²) in [5.74, 6) is 0. The van der Waals surface area contributed by atoms with Crippen LogP contribution in [0, 0.1) is 0 Å². The van der Waals surface area contributed by atoms with Crippen molar-refractivity contribution >= 4 is 16.5 Å². The third kappa shape index (κ3) is 1.65. The first kappa shape index (κ1) is 9.67. The third-order valence-electron chi connectivity index (χ3n) is 3.22. The van der Waals surface area contributed by atoms with Crippen molar-refractivity contribution in [2.24, 2.45) is 0 Å². The van der Waals surface area contributed by atoms with Gasteiger partial charge in [0.05, 0.1) is 0 Å². The van der Waals surface area contributed by atoms with E-state index in [1.807, 2.05) is 0 Å². The fourth-order valence-corrected chi connectivity index (χ4v) is 2.33. The highest BCUT2D eigenvalue weighted by Crippen LogP contribution is 2.26. The van der Waals surface area contributed by atoms with Gasteiger partial charge in [-0.3, -0.25) is 0 Å². The van der Waals surface area contributed by atoms with Gasteiger partial charge in [-0.05, 0) is 35.5 Å². The minimum Gasteiger partial charge on any atom is -0.383 e. The van der Waals surface area contributed by atoms with Crippen LogP contribution in [0.15, 0.2) is 36.4 Å². The standard InChI is InChI=1S/C14H16N2/c1-16-7-6-15-14-9-12-5-3-2-4-11(12)8-13(14)10-16/h2-5,8-9,15H,6-7,10H2,1H3. The maximum absolute atomic E-state index is 3.51. The van der Waals surface area contributed by atoms with E-state index in [0.717, 1.165) is 19.6 Å². The Morgan fingerprint density at radius 2 is 1.88 bits per heavy atom. The Bertz CT molecular complexity index is 519. The van der Waals surface area contributed by atoms with Crippen molar-refractivity contribution in [1.82, 2.24) is 4.90 Å². The molecule has 0 saturated heterocycles. The molecule has 2 aromatic rings. The summed E-state index contributed by atoms with van der Waals surface area (Å²) in [4.78, 5) is 2.35. The number of anilines is 1. The summed E-state index contributed by atoms with van der Waals surface area (Å²) in [6.07, 6.45) is 0. The van der Waals surface area contributed by atoms with E-state index in [2.05, 4.69) is 53.7 Å². The molecule has 0 saturated carbocycles. The molecule has 1 aliphatic heterocycles. The van der Waals surface area contributed by atoms with Crippen LogP contribution in [0.1, 0.15) is 5.56 Å². The third-order valence-corrected chi connectivity index (χ3v) is 3.22. The summed E-state index contributed by atoms with van der Waals surface area (Å²) >= 11 is 0. The maximum atomic E-state index is 3.51. The van der Waals surface area contributed by atoms with Crippen LogP contribution in [-0.4, -0.2) is 25.0 Å². The largest absolute Gasteiger partial charge is 0.383 e. The molecule has 16 heavy (non-hydrogen) atoms. The number of likely N-dealkylation sites (N-methyl/N-ethyl adjacent to an activating group) is 1. The Kier molecular flexibility index (Phi) is 2.29. The van der Waals surface area contributed by atoms with Crippen LogP contribution < -0.4 is 5.32 Å². The predicted molar refractivity (Wildman–Crippen MR) is 68.8 cm³/mol. The van der Waals surface area contributed by atoms with Gasteiger partial charge in [0.15, 0.2) is 0 Å². The van der Waals surface area contributed by atoms with Gasteiger partial charge in [0.1, 0.15) is 0 Å². The Morgan fingerprint density at radius 3 is 2.69 bits per heavy atom. The van der Waals surface area contributed by atoms with Crippen molar-refractivity contribution in [3.05, 3.63) is 42.0 Å². The molecule has 2 nitrogen and oxygen atoms in total. The van der Waals surface area contributed by atoms with Crippen molar-refractivity contribution in [2.45, 2.75) is 6.54 Å². The van der Waals surface area contributed by atoms with E-state index in [4.69, 9.17) is 0 Å². The van der Waals surface area contributed by atoms with Crippen LogP contribution in [0.2, 0.25) is 0 Å². The van der Waals surface area contributed by atoms with Gasteiger partial charge in [0, 0.05) is 25.3 Å². The van der Waals surface area contributed by atoms with Crippen LogP contribution in [-0.2, 0) is 6.54 Å². The van der Waals surface area contributed by atoms with Gasteiger partial charge in [-0.1, -0.05) is 24.3 Å². The number of rotatable bonds is 0. The molecule has 0 aromatic heterocycles. The van der Waals surface area contributed by atoms with Gasteiger partial charge in [-0.2, -0.15) is 0 Å². The van der Waals surface area contributed by atoms with E-state index >= 15 is 0 Å². The molecule has 3 rings (SSSR count). The molecule has 2 heteroatoms. The Morgan fingerprint density at radius 1 is 1.12 bits per heavy atom. The Labute approximate surface area is 95.9 Å². The number of nitrogens with zero attached hydrogens (tertiary/aromatic N) is 1. The molecular weight excluding hydrogens is 196 g/mol. The highest BCUT2D eigenvalue weighted by molar-refractivity contribution is 5.87. The van der Waals surface area contributed by atoms with Gasteiger partial charge in [0.2, 0.25) is 0 Å². The summed E-state index contributed by atoms with van der Waals surface area (Å²) in [5.41, 5.74) is 2.70. The fourth-order valence-electron chi connectivity index (χ4n) is 2.33. The Balaban J connectivity index is 2.16. The van der Waals surface area contributed by atoms with Gasteiger partial charge >= 0.3 is 0 Å². The lowest BCUT2D eigenvalue weighted by Crippen LogP contribution is -2.20. The van der Waals surface area contributed by atoms with Crippen LogP contribution in [0.3, 0.4) is 0 Å². The lowest BCUT2D eigenvalue weighted by atomic mass is 10.0. The molecule has 82 valence electrons. The molecule has 0 amide bonds. The van der Waals surface area contributed by atoms with Crippen molar-refractivity contribution in [2.75, 3.05) is 25.5 Å². The van der Waals surface area contributed by atoms with Gasteiger partial charge in [0.25, 0.3) is 0 Å². The number of fused-ring (bicyclic) bond motifs is 2. The topological polar surface area (TPSA) is 15.3 Å². The monoisotopic (exact) mass is 212 g/mol. The number of nitrogens with one attached hydrogen (secondary N) is 1. The lowest BCUT2D eigenvalue weighted by Gasteiger charge is -2.13. The van der Waals surface area contributed by atoms with Gasteiger partial charge < -0.3 is 10.2 Å². The molecule has 0 spiro atoms. The average molecular weight is 212 g/mol. The molecule has 0 radical (unpaired) electrons. The van der Waals surface area contributed by atoms with Crippen molar-refractivity contribution in [1.29, 1.82) is 0 Å². The zero-order chi connectivity index (χ0) is 11.0. The average Bonchev–Trinajstić information content (AvgIpc) is 2.46. The molecular formula is C14H16N2. The highest BCUT2D eigenvalue weighted by Gasteiger charge is 2.11. The second-order valence-electron chi connectivity index (χ2n) is 4.52. The summed E-state index contributed by atoms with van der Waals surface area (Å²) in [5, 5.41) is 6.16. The van der Waals surface area contributed by atoms with Crippen LogP contribution in [0.5, 0.6) is 0 Å². The van der Waals surface area contributed by atoms with E-state index in [-0.39, 0.29) is 0 Å². The maximum Gasteiger partial charge on any atom is 0.0392 e. The number of hydrogen-bond donors (Lipinski definition) is 1. The molecule has 0 bridgehead atoms. The second kappa shape index (κ2) is 3.80. The highest BCUT2D eigenvalue weighted by atomic mass is 15.1. The van der Waals surface area contributed by atoms with Crippen molar-refractivity contribution in [3.8, 4) is 0 Å². The first-order chi connectivity index (χ1) is 7.83. The minimum absolute atomic E-state index is 1.03. The molecule has 0 unspecified atom stereocenters. The van der Waals surface area contributed by atoms with Gasteiger partial charge in [-0.15, -0.1) is 0 Å². The zero-order valence-corrected chi connectivity index (χ0v) is 9.53. The summed E-state index contributed by atoms with van der Waals surface area (Å²) in [7, 11) is 2.17. The van der Waals surface area contributed by atoms with Gasteiger partial charge in [-0.25, -0.2) is 0 Å². The van der Waals surface area contributed by atoms with Crippen molar-refractivity contribution < 1.29 is 0 Å². The van der Waals surface area contributed by atoms with Crippen LogP contribution in [0.25, 0.3) is 10.8 Å². The molecule has 0 fully saturated rings. The van der Waals surface area contributed by atoms with E-state index in [1.54, 1.807) is 0 Å². The zero-order valence-electron chi connectivity index (χ0n) is 9.53. The predicted octanol–water partition coefficient (Wildman–Crippen LogP) is 2.70. The van der Waals surface area contributed by atoms with Crippen molar-refractivity contribution in [3.63, 3.8) is 0 Å². The van der Waals surface area contributed by atoms with Crippen LogP contribution in [0.4, 0.5) is 5.69 Å². The SMILES string of the molecule is CN1CCNc2cc3ccccc3cc2C1.